The Morgan fingerprint density at radius 2 is 2.06 bits per heavy atom. The number of aliphatic hydroxyl groups is 1. The van der Waals surface area contributed by atoms with Crippen molar-refractivity contribution in [2.75, 3.05) is 0 Å². The van der Waals surface area contributed by atoms with Gasteiger partial charge in [-0.3, -0.25) is 4.98 Å². The third-order valence-corrected chi connectivity index (χ3v) is 3.22. The van der Waals surface area contributed by atoms with Crippen molar-refractivity contribution in [3.05, 3.63) is 63.9 Å². The summed E-state index contributed by atoms with van der Waals surface area (Å²) in [6, 6.07) is 10.0. The van der Waals surface area contributed by atoms with Crippen molar-refractivity contribution in [1.29, 1.82) is 0 Å². The SMILES string of the molecule is Cc1ccccc1CC(O)c1cncc(Br)c1. The Kier molecular flexibility index (Phi) is 3.92. The molecule has 2 nitrogen and oxygen atoms in total. The van der Waals surface area contributed by atoms with Crippen LogP contribution in [0.3, 0.4) is 0 Å². The van der Waals surface area contributed by atoms with Gasteiger partial charge in [-0.1, -0.05) is 24.3 Å². The second-order valence-electron chi connectivity index (χ2n) is 4.08. The lowest BCUT2D eigenvalue weighted by molar-refractivity contribution is 0.178. The number of rotatable bonds is 3. The Hall–Kier alpha value is -1.19. The lowest BCUT2D eigenvalue weighted by Gasteiger charge is -2.12. The summed E-state index contributed by atoms with van der Waals surface area (Å²) in [6.45, 7) is 2.06. The van der Waals surface area contributed by atoms with Gasteiger partial charge in [-0.05, 0) is 40.0 Å². The average Bonchev–Trinajstić information content (AvgIpc) is 2.32. The number of aryl methyl sites for hydroxylation is 1. The third-order valence-electron chi connectivity index (χ3n) is 2.79. The van der Waals surface area contributed by atoms with Crippen molar-refractivity contribution in [2.45, 2.75) is 19.4 Å². The van der Waals surface area contributed by atoms with E-state index >= 15 is 0 Å². The first-order valence-electron chi connectivity index (χ1n) is 5.50. The van der Waals surface area contributed by atoms with Crippen LogP contribution in [-0.2, 0) is 6.42 Å². The van der Waals surface area contributed by atoms with E-state index in [1.165, 1.54) is 11.1 Å². The molecule has 1 aromatic carbocycles. The molecule has 0 spiro atoms. The molecule has 0 fully saturated rings. The van der Waals surface area contributed by atoms with Crippen LogP contribution in [0, 0.1) is 6.92 Å². The minimum absolute atomic E-state index is 0.513. The van der Waals surface area contributed by atoms with E-state index in [1.807, 2.05) is 24.3 Å². The zero-order chi connectivity index (χ0) is 12.3. The summed E-state index contributed by atoms with van der Waals surface area (Å²) in [4.78, 5) is 4.06. The molecule has 1 aromatic heterocycles. The van der Waals surface area contributed by atoms with Crippen LogP contribution in [0.1, 0.15) is 22.8 Å². The molecule has 1 N–H and O–H groups in total. The third kappa shape index (κ3) is 3.14. The van der Waals surface area contributed by atoms with Crippen molar-refractivity contribution in [3.63, 3.8) is 0 Å². The summed E-state index contributed by atoms with van der Waals surface area (Å²) >= 11 is 3.36. The second-order valence-corrected chi connectivity index (χ2v) is 5.00. The van der Waals surface area contributed by atoms with Gasteiger partial charge in [0.05, 0.1) is 6.10 Å². The van der Waals surface area contributed by atoms with Crippen molar-refractivity contribution >= 4 is 15.9 Å². The molecule has 0 aliphatic carbocycles. The summed E-state index contributed by atoms with van der Waals surface area (Å²) in [6.07, 6.45) is 3.52. The molecule has 0 amide bonds. The molecule has 17 heavy (non-hydrogen) atoms. The maximum atomic E-state index is 10.2. The van der Waals surface area contributed by atoms with Gasteiger partial charge in [0.15, 0.2) is 0 Å². The van der Waals surface area contributed by atoms with E-state index in [0.717, 1.165) is 10.0 Å². The zero-order valence-electron chi connectivity index (χ0n) is 9.60. The lowest BCUT2D eigenvalue weighted by Crippen LogP contribution is -2.03. The van der Waals surface area contributed by atoms with Gasteiger partial charge in [-0.25, -0.2) is 0 Å². The van der Waals surface area contributed by atoms with Crippen LogP contribution in [-0.4, -0.2) is 10.1 Å². The molecule has 0 radical (unpaired) electrons. The number of aromatic nitrogens is 1. The molecule has 0 aliphatic rings. The van der Waals surface area contributed by atoms with Gasteiger partial charge in [0.25, 0.3) is 0 Å². The number of aliphatic hydroxyl groups excluding tert-OH is 1. The Balaban J connectivity index is 2.17. The van der Waals surface area contributed by atoms with E-state index in [0.29, 0.717) is 6.42 Å². The molecule has 2 aromatic rings. The Morgan fingerprint density at radius 3 is 2.76 bits per heavy atom. The highest BCUT2D eigenvalue weighted by Crippen LogP contribution is 2.21. The highest BCUT2D eigenvalue weighted by atomic mass is 79.9. The quantitative estimate of drug-likeness (QED) is 0.940. The standard InChI is InChI=1S/C14H14BrNO/c1-10-4-2-3-5-11(10)7-14(17)12-6-13(15)9-16-8-12/h2-6,8-9,14,17H,7H2,1H3. The molecule has 0 saturated heterocycles. The van der Waals surface area contributed by atoms with Gasteiger partial charge < -0.3 is 5.11 Å². The van der Waals surface area contributed by atoms with Crippen LogP contribution < -0.4 is 0 Å². The van der Waals surface area contributed by atoms with Gasteiger partial charge in [-0.2, -0.15) is 0 Å². The predicted octanol–water partition coefficient (Wildman–Crippen LogP) is 3.43. The molecule has 0 aliphatic heterocycles. The smallest absolute Gasteiger partial charge is 0.0845 e. The maximum Gasteiger partial charge on any atom is 0.0845 e. The van der Waals surface area contributed by atoms with Crippen molar-refractivity contribution in [1.82, 2.24) is 4.98 Å². The molecule has 88 valence electrons. The van der Waals surface area contributed by atoms with Gasteiger partial charge in [0, 0.05) is 28.9 Å². The molecule has 1 heterocycles. The lowest BCUT2D eigenvalue weighted by atomic mass is 9.99. The largest absolute Gasteiger partial charge is 0.388 e. The predicted molar refractivity (Wildman–Crippen MR) is 71.8 cm³/mol. The fourth-order valence-electron chi connectivity index (χ4n) is 1.78. The first kappa shape index (κ1) is 12.3. The maximum absolute atomic E-state index is 10.2. The van der Waals surface area contributed by atoms with E-state index in [9.17, 15) is 5.11 Å². The van der Waals surface area contributed by atoms with Crippen molar-refractivity contribution in [2.24, 2.45) is 0 Å². The first-order chi connectivity index (χ1) is 8.16. The fraction of sp³-hybridized carbons (Fsp3) is 0.214. The average molecular weight is 292 g/mol. The van der Waals surface area contributed by atoms with Crippen LogP contribution in [0.25, 0.3) is 0 Å². The summed E-state index contributed by atoms with van der Waals surface area (Å²) in [5, 5.41) is 10.2. The van der Waals surface area contributed by atoms with Crippen LogP contribution in [0.15, 0.2) is 47.2 Å². The summed E-state index contributed by atoms with van der Waals surface area (Å²) in [7, 11) is 0. The van der Waals surface area contributed by atoms with Gasteiger partial charge in [-0.15, -0.1) is 0 Å². The van der Waals surface area contributed by atoms with Crippen molar-refractivity contribution in [3.8, 4) is 0 Å². The molecule has 1 unspecified atom stereocenters. The van der Waals surface area contributed by atoms with Crippen LogP contribution in [0.4, 0.5) is 0 Å². The first-order valence-corrected chi connectivity index (χ1v) is 6.29. The number of halogens is 1. The van der Waals surface area contributed by atoms with Gasteiger partial charge >= 0.3 is 0 Å². The van der Waals surface area contributed by atoms with Gasteiger partial charge in [0.1, 0.15) is 0 Å². The zero-order valence-corrected chi connectivity index (χ0v) is 11.2. The van der Waals surface area contributed by atoms with Gasteiger partial charge in [0.2, 0.25) is 0 Å². The van der Waals surface area contributed by atoms with Crippen LogP contribution in [0.5, 0.6) is 0 Å². The monoisotopic (exact) mass is 291 g/mol. The Morgan fingerprint density at radius 1 is 1.29 bits per heavy atom. The summed E-state index contributed by atoms with van der Waals surface area (Å²) in [5.41, 5.74) is 3.21. The molecule has 0 saturated carbocycles. The number of benzene rings is 1. The van der Waals surface area contributed by atoms with Crippen LogP contribution in [0.2, 0.25) is 0 Å². The summed E-state index contributed by atoms with van der Waals surface area (Å²) in [5.74, 6) is 0. The summed E-state index contributed by atoms with van der Waals surface area (Å²) < 4.78 is 0.888. The van der Waals surface area contributed by atoms with Crippen molar-refractivity contribution < 1.29 is 5.11 Å². The van der Waals surface area contributed by atoms with E-state index in [-0.39, 0.29) is 0 Å². The molecule has 3 heteroatoms. The normalized spacial score (nSPS) is 12.4. The molecule has 0 bridgehead atoms. The highest BCUT2D eigenvalue weighted by molar-refractivity contribution is 9.10. The molecular formula is C14H14BrNO. The topological polar surface area (TPSA) is 33.1 Å². The Bertz CT molecular complexity index is 513. The van der Waals surface area contributed by atoms with Crippen LogP contribution >= 0.6 is 15.9 Å². The van der Waals surface area contributed by atoms with E-state index in [1.54, 1.807) is 12.4 Å². The molecular weight excluding hydrogens is 278 g/mol. The minimum atomic E-state index is -0.513. The molecule has 1 atom stereocenters. The molecule has 2 rings (SSSR count). The Labute approximate surface area is 109 Å². The van der Waals surface area contributed by atoms with E-state index in [2.05, 4.69) is 33.9 Å². The number of hydrogen-bond donors (Lipinski definition) is 1. The highest BCUT2D eigenvalue weighted by Gasteiger charge is 2.10. The van der Waals surface area contributed by atoms with E-state index < -0.39 is 6.10 Å². The minimum Gasteiger partial charge on any atom is -0.388 e. The second kappa shape index (κ2) is 5.43. The fourth-order valence-corrected chi connectivity index (χ4v) is 2.16. The number of hydrogen-bond acceptors (Lipinski definition) is 2. The number of pyridine rings is 1. The number of nitrogens with zero attached hydrogens (tertiary/aromatic N) is 1. The van der Waals surface area contributed by atoms with E-state index in [4.69, 9.17) is 0 Å².